The number of amides is 1. The van der Waals surface area contributed by atoms with E-state index in [0.717, 1.165) is 12.0 Å². The molecule has 3 rings (SSSR count). The highest BCUT2D eigenvalue weighted by atomic mass is 35.5. The van der Waals surface area contributed by atoms with Gasteiger partial charge in [0.05, 0.1) is 5.41 Å². The Bertz CT molecular complexity index is 596. The number of ether oxygens (including phenoxy) is 1. The van der Waals surface area contributed by atoms with Gasteiger partial charge in [0.25, 0.3) is 0 Å². The predicted octanol–water partition coefficient (Wildman–Crippen LogP) is 2.44. The van der Waals surface area contributed by atoms with Crippen molar-refractivity contribution in [2.75, 3.05) is 19.8 Å². The molecule has 2 N–H and O–H groups in total. The zero-order valence-electron chi connectivity index (χ0n) is 13.0. The van der Waals surface area contributed by atoms with Crippen LogP contribution in [0.3, 0.4) is 0 Å². The molecular weight excluding hydrogens is 314 g/mol. The molecule has 0 spiro atoms. The fraction of sp³-hybridized carbons (Fsp3) is 0.500. The third-order valence-electron chi connectivity index (χ3n) is 4.88. The van der Waals surface area contributed by atoms with Gasteiger partial charge in [-0.2, -0.15) is 0 Å². The number of aliphatic hydroxyl groups is 1. The lowest BCUT2D eigenvalue weighted by Gasteiger charge is -2.37. The van der Waals surface area contributed by atoms with Crippen LogP contribution in [0.5, 0.6) is 0 Å². The zero-order chi connectivity index (χ0) is 16.3. The van der Waals surface area contributed by atoms with Crippen LogP contribution in [-0.2, 0) is 14.9 Å². The molecule has 0 bridgehead atoms. The van der Waals surface area contributed by atoms with Crippen molar-refractivity contribution < 1.29 is 14.6 Å². The van der Waals surface area contributed by atoms with Crippen LogP contribution < -0.4 is 5.32 Å². The first kappa shape index (κ1) is 16.5. The van der Waals surface area contributed by atoms with Crippen LogP contribution >= 0.6 is 11.6 Å². The second-order valence-corrected chi connectivity index (χ2v) is 6.78. The van der Waals surface area contributed by atoms with Gasteiger partial charge in [-0.1, -0.05) is 35.9 Å². The minimum Gasteiger partial charge on any atom is -0.396 e. The number of halogens is 1. The summed E-state index contributed by atoms with van der Waals surface area (Å²) in [4.78, 5) is 13.1. The molecule has 0 saturated carbocycles. The molecule has 23 heavy (non-hydrogen) atoms. The summed E-state index contributed by atoms with van der Waals surface area (Å²) in [5, 5.41) is 13.0. The number of hydrogen-bond donors (Lipinski definition) is 2. The fourth-order valence-corrected chi connectivity index (χ4v) is 3.67. The molecule has 1 heterocycles. The van der Waals surface area contributed by atoms with E-state index >= 15 is 0 Å². The molecule has 1 aromatic rings. The first-order chi connectivity index (χ1) is 11.1. The minimum absolute atomic E-state index is 0.0152. The van der Waals surface area contributed by atoms with Crippen molar-refractivity contribution in [1.29, 1.82) is 0 Å². The fourth-order valence-electron chi connectivity index (χ4n) is 3.48. The Morgan fingerprint density at radius 3 is 2.78 bits per heavy atom. The van der Waals surface area contributed by atoms with E-state index in [9.17, 15) is 9.90 Å². The Kier molecular flexibility index (Phi) is 5.05. The minimum atomic E-state index is -0.589. The normalized spacial score (nSPS) is 26.2. The average Bonchev–Trinajstić information content (AvgIpc) is 3.03. The topological polar surface area (TPSA) is 58.6 Å². The smallest absolute Gasteiger partial charge is 0.231 e. The Balaban J connectivity index is 1.81. The SMILES string of the molecule is O=C(N[C@@H]1C=C[C@H](CO)C1)C1(c2cccc(Cl)c2)CCOCC1. The predicted molar refractivity (Wildman–Crippen MR) is 89.4 cm³/mol. The number of rotatable bonds is 4. The van der Waals surface area contributed by atoms with Gasteiger partial charge in [0.1, 0.15) is 0 Å². The molecule has 1 aliphatic carbocycles. The van der Waals surface area contributed by atoms with Gasteiger partial charge in [-0.15, -0.1) is 0 Å². The molecule has 0 unspecified atom stereocenters. The highest BCUT2D eigenvalue weighted by molar-refractivity contribution is 6.30. The maximum absolute atomic E-state index is 13.1. The quantitative estimate of drug-likeness (QED) is 0.831. The second kappa shape index (κ2) is 7.04. The highest BCUT2D eigenvalue weighted by Gasteiger charge is 2.42. The van der Waals surface area contributed by atoms with Crippen molar-refractivity contribution in [1.82, 2.24) is 5.32 Å². The Morgan fingerprint density at radius 1 is 1.35 bits per heavy atom. The van der Waals surface area contributed by atoms with E-state index in [4.69, 9.17) is 16.3 Å². The average molecular weight is 336 g/mol. The molecule has 1 aliphatic heterocycles. The molecule has 0 aromatic heterocycles. The Morgan fingerprint density at radius 2 is 2.13 bits per heavy atom. The number of nitrogens with one attached hydrogen (secondary N) is 1. The molecule has 2 atom stereocenters. The number of carbonyl (C=O) groups is 1. The van der Waals surface area contributed by atoms with Crippen molar-refractivity contribution in [3.05, 3.63) is 47.0 Å². The van der Waals surface area contributed by atoms with Gasteiger partial charge in [-0.05, 0) is 37.0 Å². The molecule has 2 aliphatic rings. The van der Waals surface area contributed by atoms with Crippen molar-refractivity contribution in [2.45, 2.75) is 30.7 Å². The lowest BCUT2D eigenvalue weighted by Crippen LogP contribution is -2.50. The van der Waals surface area contributed by atoms with Crippen molar-refractivity contribution in [3.63, 3.8) is 0 Å². The largest absolute Gasteiger partial charge is 0.396 e. The zero-order valence-corrected chi connectivity index (χ0v) is 13.8. The van der Waals surface area contributed by atoms with E-state index in [1.165, 1.54) is 0 Å². The second-order valence-electron chi connectivity index (χ2n) is 6.35. The summed E-state index contributed by atoms with van der Waals surface area (Å²) in [5.41, 5.74) is 0.361. The summed E-state index contributed by atoms with van der Waals surface area (Å²) in [5.74, 6) is 0.161. The van der Waals surface area contributed by atoms with Gasteiger partial charge in [0, 0.05) is 36.8 Å². The van der Waals surface area contributed by atoms with Crippen LogP contribution in [0.2, 0.25) is 5.02 Å². The summed E-state index contributed by atoms with van der Waals surface area (Å²) >= 11 is 6.14. The van der Waals surface area contributed by atoms with Crippen LogP contribution in [0.4, 0.5) is 0 Å². The molecule has 4 nitrogen and oxygen atoms in total. The van der Waals surface area contributed by atoms with Gasteiger partial charge < -0.3 is 15.2 Å². The molecule has 1 fully saturated rings. The first-order valence-electron chi connectivity index (χ1n) is 8.08. The molecule has 5 heteroatoms. The number of aliphatic hydroxyl groups excluding tert-OH is 1. The van der Waals surface area contributed by atoms with Crippen LogP contribution in [0.1, 0.15) is 24.8 Å². The van der Waals surface area contributed by atoms with E-state index < -0.39 is 5.41 Å². The van der Waals surface area contributed by atoms with Crippen LogP contribution in [0.25, 0.3) is 0 Å². The molecule has 124 valence electrons. The van der Waals surface area contributed by atoms with Gasteiger partial charge in [0.2, 0.25) is 5.91 Å². The Hall–Kier alpha value is -1.36. The van der Waals surface area contributed by atoms with Crippen molar-refractivity contribution >= 4 is 17.5 Å². The van der Waals surface area contributed by atoms with E-state index in [-0.39, 0.29) is 24.5 Å². The third kappa shape index (κ3) is 3.44. The van der Waals surface area contributed by atoms with Crippen LogP contribution in [-0.4, -0.2) is 36.9 Å². The molecule has 1 saturated heterocycles. The number of benzene rings is 1. The van der Waals surface area contributed by atoms with Crippen LogP contribution in [0.15, 0.2) is 36.4 Å². The summed E-state index contributed by atoms with van der Waals surface area (Å²) < 4.78 is 5.47. The molecule has 1 amide bonds. The van der Waals surface area contributed by atoms with Gasteiger partial charge in [-0.25, -0.2) is 0 Å². The first-order valence-corrected chi connectivity index (χ1v) is 8.46. The molecule has 1 aromatic carbocycles. The molecule has 0 radical (unpaired) electrons. The third-order valence-corrected chi connectivity index (χ3v) is 5.12. The van der Waals surface area contributed by atoms with Crippen molar-refractivity contribution in [2.24, 2.45) is 5.92 Å². The van der Waals surface area contributed by atoms with Crippen LogP contribution in [0, 0.1) is 5.92 Å². The molecular formula is C18H22ClNO3. The summed E-state index contributed by atoms with van der Waals surface area (Å²) in [7, 11) is 0. The maximum atomic E-state index is 13.1. The van der Waals surface area contributed by atoms with E-state index in [1.54, 1.807) is 0 Å². The number of hydrogen-bond acceptors (Lipinski definition) is 3. The monoisotopic (exact) mass is 335 g/mol. The maximum Gasteiger partial charge on any atom is 0.231 e. The standard InChI is InChI=1S/C18H22ClNO3/c19-15-3-1-2-14(11-15)18(6-8-23-9-7-18)17(22)20-16-5-4-13(10-16)12-21/h1-5,11,13,16,21H,6-10,12H2,(H,20,22)/t13-,16+/m0/s1. The lowest BCUT2D eigenvalue weighted by atomic mass is 9.73. The summed E-state index contributed by atoms with van der Waals surface area (Å²) in [6.45, 7) is 1.26. The van der Waals surface area contributed by atoms with Gasteiger partial charge in [-0.3, -0.25) is 4.79 Å². The number of carbonyl (C=O) groups excluding carboxylic acids is 1. The van der Waals surface area contributed by atoms with E-state index in [2.05, 4.69) is 5.32 Å². The van der Waals surface area contributed by atoms with Crippen molar-refractivity contribution in [3.8, 4) is 0 Å². The van der Waals surface area contributed by atoms with E-state index in [0.29, 0.717) is 31.1 Å². The van der Waals surface area contributed by atoms with Gasteiger partial charge in [0.15, 0.2) is 0 Å². The Labute approximate surface area is 141 Å². The summed E-state index contributed by atoms with van der Waals surface area (Å²) in [6.07, 6.45) is 6.01. The lowest BCUT2D eigenvalue weighted by molar-refractivity contribution is -0.131. The van der Waals surface area contributed by atoms with Gasteiger partial charge >= 0.3 is 0 Å². The van der Waals surface area contributed by atoms with E-state index in [1.807, 2.05) is 36.4 Å². The highest BCUT2D eigenvalue weighted by Crippen LogP contribution is 2.36. The summed E-state index contributed by atoms with van der Waals surface area (Å²) in [6, 6.07) is 7.55.